The van der Waals surface area contributed by atoms with Crippen molar-refractivity contribution in [2.45, 2.75) is 13.3 Å². The molecule has 9 nitrogen and oxygen atoms in total. The number of hydrogen-bond donors (Lipinski definition) is 2. The molecule has 2 amide bonds. The number of esters is 1. The summed E-state index contributed by atoms with van der Waals surface area (Å²) < 4.78 is 40.5. The Morgan fingerprint density at radius 3 is 2.62 bits per heavy atom. The van der Waals surface area contributed by atoms with Gasteiger partial charge in [0, 0.05) is 23.6 Å². The SMILES string of the molecule is CC1=NN(c2cccc(C(=O)OC(F)(F)F)c2)C(=O)C1C(=O)Nc1cccc(-c2ncc[nH]2)c1. The number of benzene rings is 2. The Balaban J connectivity index is 1.51. The molecule has 174 valence electrons. The first-order chi connectivity index (χ1) is 16.1. The van der Waals surface area contributed by atoms with Gasteiger partial charge in [0.1, 0.15) is 5.82 Å². The van der Waals surface area contributed by atoms with E-state index in [0.29, 0.717) is 11.5 Å². The highest BCUT2D eigenvalue weighted by molar-refractivity contribution is 6.28. The van der Waals surface area contributed by atoms with Crippen molar-refractivity contribution in [2.75, 3.05) is 10.3 Å². The van der Waals surface area contributed by atoms with Crippen LogP contribution < -0.4 is 10.3 Å². The molecule has 34 heavy (non-hydrogen) atoms. The van der Waals surface area contributed by atoms with E-state index in [1.165, 1.54) is 19.1 Å². The Labute approximate surface area is 190 Å². The Kier molecular flexibility index (Phi) is 5.88. The minimum Gasteiger partial charge on any atom is -0.369 e. The van der Waals surface area contributed by atoms with Crippen LogP contribution in [0.4, 0.5) is 24.5 Å². The number of amides is 2. The third-order valence-corrected chi connectivity index (χ3v) is 4.83. The van der Waals surface area contributed by atoms with Crippen molar-refractivity contribution in [3.63, 3.8) is 0 Å². The highest BCUT2D eigenvalue weighted by Crippen LogP contribution is 2.27. The fourth-order valence-corrected chi connectivity index (χ4v) is 3.36. The van der Waals surface area contributed by atoms with Crippen LogP contribution in [-0.2, 0) is 14.3 Å². The number of nitrogens with one attached hydrogen (secondary N) is 2. The number of rotatable bonds is 5. The van der Waals surface area contributed by atoms with Crippen LogP contribution in [0.5, 0.6) is 0 Å². The molecule has 4 rings (SSSR count). The lowest BCUT2D eigenvalue weighted by atomic mass is 10.0. The summed E-state index contributed by atoms with van der Waals surface area (Å²) in [6.07, 6.45) is -1.91. The lowest BCUT2D eigenvalue weighted by Crippen LogP contribution is -2.36. The predicted octanol–water partition coefficient (Wildman–Crippen LogP) is 3.73. The van der Waals surface area contributed by atoms with Crippen molar-refractivity contribution < 1.29 is 32.3 Å². The van der Waals surface area contributed by atoms with E-state index >= 15 is 0 Å². The molecule has 3 aromatic rings. The molecule has 1 aliphatic heterocycles. The number of aromatic amines is 1. The van der Waals surface area contributed by atoms with Gasteiger partial charge in [0.2, 0.25) is 5.91 Å². The van der Waals surface area contributed by atoms with E-state index in [4.69, 9.17) is 0 Å². The maximum atomic E-state index is 13.0. The summed E-state index contributed by atoms with van der Waals surface area (Å²) in [5.41, 5.74) is 0.895. The number of carbonyl (C=O) groups is 3. The summed E-state index contributed by atoms with van der Waals surface area (Å²) in [5.74, 6) is -3.66. The van der Waals surface area contributed by atoms with Crippen molar-refractivity contribution >= 4 is 34.9 Å². The zero-order valence-corrected chi connectivity index (χ0v) is 17.5. The van der Waals surface area contributed by atoms with Gasteiger partial charge in [-0.25, -0.2) is 9.78 Å². The molecule has 0 fully saturated rings. The van der Waals surface area contributed by atoms with Gasteiger partial charge in [0.05, 0.1) is 17.0 Å². The molecule has 12 heteroatoms. The number of carbonyl (C=O) groups excluding carboxylic acids is 3. The lowest BCUT2D eigenvalue weighted by molar-refractivity contribution is -0.291. The third kappa shape index (κ3) is 4.80. The van der Waals surface area contributed by atoms with Gasteiger partial charge in [-0.2, -0.15) is 10.1 Å². The quantitative estimate of drug-likeness (QED) is 0.435. The second-order valence-electron chi connectivity index (χ2n) is 7.22. The minimum atomic E-state index is -5.15. The minimum absolute atomic E-state index is 0.0103. The molecular weight excluding hydrogens is 455 g/mol. The fourth-order valence-electron chi connectivity index (χ4n) is 3.36. The molecule has 0 saturated carbocycles. The van der Waals surface area contributed by atoms with E-state index in [9.17, 15) is 27.6 Å². The molecular formula is C22H16F3N5O4. The monoisotopic (exact) mass is 471 g/mol. The second-order valence-corrected chi connectivity index (χ2v) is 7.22. The van der Waals surface area contributed by atoms with Gasteiger partial charge in [-0.15, -0.1) is 13.2 Å². The van der Waals surface area contributed by atoms with Gasteiger partial charge >= 0.3 is 12.3 Å². The number of aromatic nitrogens is 2. The van der Waals surface area contributed by atoms with Crippen molar-refractivity contribution in [2.24, 2.45) is 11.0 Å². The third-order valence-electron chi connectivity index (χ3n) is 4.83. The molecule has 0 saturated heterocycles. The molecule has 1 aromatic heterocycles. The second kappa shape index (κ2) is 8.81. The smallest absolute Gasteiger partial charge is 0.369 e. The largest absolute Gasteiger partial charge is 0.575 e. The topological polar surface area (TPSA) is 117 Å². The van der Waals surface area contributed by atoms with E-state index in [-0.39, 0.29) is 11.4 Å². The molecule has 0 bridgehead atoms. The molecule has 2 aromatic carbocycles. The number of halogens is 3. The fraction of sp³-hybridized carbons (Fsp3) is 0.136. The van der Waals surface area contributed by atoms with Crippen molar-refractivity contribution in [3.8, 4) is 11.4 Å². The first-order valence-electron chi connectivity index (χ1n) is 9.82. The predicted molar refractivity (Wildman–Crippen MR) is 115 cm³/mol. The summed E-state index contributed by atoms with van der Waals surface area (Å²) in [6, 6.07) is 11.6. The van der Waals surface area contributed by atoms with Crippen LogP contribution in [0.25, 0.3) is 11.4 Å². The van der Waals surface area contributed by atoms with E-state index in [1.54, 1.807) is 36.7 Å². The van der Waals surface area contributed by atoms with Gasteiger partial charge in [-0.05, 0) is 37.3 Å². The number of nitrogens with zero attached hydrogens (tertiary/aromatic N) is 3. The summed E-state index contributed by atoms with van der Waals surface area (Å²) in [4.78, 5) is 44.6. The Morgan fingerprint density at radius 1 is 1.15 bits per heavy atom. The molecule has 1 aliphatic rings. The van der Waals surface area contributed by atoms with Crippen LogP contribution in [0.15, 0.2) is 66.0 Å². The number of H-pyrrole nitrogens is 1. The van der Waals surface area contributed by atoms with E-state index in [0.717, 1.165) is 22.7 Å². The van der Waals surface area contributed by atoms with Crippen LogP contribution in [0.3, 0.4) is 0 Å². The average molecular weight is 471 g/mol. The summed E-state index contributed by atoms with van der Waals surface area (Å²) in [6.45, 7) is 1.48. The number of hydrazone groups is 1. The molecule has 1 atom stereocenters. The number of imidazole rings is 1. The van der Waals surface area contributed by atoms with E-state index in [1.807, 2.05) is 0 Å². The zero-order chi connectivity index (χ0) is 24.5. The summed E-state index contributed by atoms with van der Waals surface area (Å²) >= 11 is 0. The van der Waals surface area contributed by atoms with Crippen LogP contribution in [-0.4, -0.2) is 39.8 Å². The Morgan fingerprint density at radius 2 is 1.91 bits per heavy atom. The highest BCUT2D eigenvalue weighted by Gasteiger charge is 2.40. The van der Waals surface area contributed by atoms with Gasteiger partial charge in [0.25, 0.3) is 5.91 Å². The van der Waals surface area contributed by atoms with Gasteiger partial charge < -0.3 is 15.0 Å². The number of ether oxygens (including phenoxy) is 1. The van der Waals surface area contributed by atoms with Crippen molar-refractivity contribution in [1.82, 2.24) is 9.97 Å². The van der Waals surface area contributed by atoms with Gasteiger partial charge in [-0.3, -0.25) is 9.59 Å². The summed E-state index contributed by atoms with van der Waals surface area (Å²) in [5, 5.41) is 7.60. The molecule has 0 radical (unpaired) electrons. The Hall–Kier alpha value is -4.48. The molecule has 2 N–H and O–H groups in total. The first-order valence-corrected chi connectivity index (χ1v) is 9.82. The Bertz CT molecular complexity index is 1290. The number of anilines is 2. The van der Waals surface area contributed by atoms with Crippen molar-refractivity contribution in [3.05, 3.63) is 66.5 Å². The maximum absolute atomic E-state index is 13.0. The molecule has 1 unspecified atom stereocenters. The average Bonchev–Trinajstić information content (AvgIpc) is 3.41. The van der Waals surface area contributed by atoms with Gasteiger partial charge in [0.15, 0.2) is 5.92 Å². The van der Waals surface area contributed by atoms with Crippen molar-refractivity contribution in [1.29, 1.82) is 0 Å². The van der Waals surface area contributed by atoms with Crippen LogP contribution >= 0.6 is 0 Å². The van der Waals surface area contributed by atoms with Crippen LogP contribution in [0.2, 0.25) is 0 Å². The maximum Gasteiger partial charge on any atom is 0.575 e. The van der Waals surface area contributed by atoms with Gasteiger partial charge in [-0.1, -0.05) is 18.2 Å². The molecule has 2 heterocycles. The zero-order valence-electron chi connectivity index (χ0n) is 17.5. The summed E-state index contributed by atoms with van der Waals surface area (Å²) in [7, 11) is 0. The van der Waals surface area contributed by atoms with E-state index in [2.05, 4.69) is 25.1 Å². The number of hydrogen-bond acceptors (Lipinski definition) is 6. The van der Waals surface area contributed by atoms with E-state index < -0.39 is 35.6 Å². The number of alkyl halides is 3. The molecule has 0 aliphatic carbocycles. The highest BCUT2D eigenvalue weighted by atomic mass is 19.4. The normalized spacial score (nSPS) is 15.8. The lowest BCUT2D eigenvalue weighted by Gasteiger charge is -2.15. The van der Waals surface area contributed by atoms with Crippen LogP contribution in [0.1, 0.15) is 17.3 Å². The van der Waals surface area contributed by atoms with Crippen LogP contribution in [0, 0.1) is 5.92 Å². The molecule has 0 spiro atoms. The first kappa shape index (κ1) is 22.7. The standard InChI is InChI=1S/C22H16F3N5O4/c1-12-17(19(31)28-15-6-2-4-13(10-15)18-26-8-9-27-18)20(32)30(29-12)16-7-3-5-14(11-16)21(33)34-22(23,24)25/h2-11,17H,1H3,(H,26,27)(H,28,31).